The third-order valence-electron chi connectivity index (χ3n) is 2.66. The van der Waals surface area contributed by atoms with E-state index in [-0.39, 0.29) is 11.9 Å². The highest BCUT2D eigenvalue weighted by Gasteiger charge is 2.28. The van der Waals surface area contributed by atoms with Gasteiger partial charge in [-0.05, 0) is 19.4 Å². The molecular weight excluding hydrogens is 218 g/mol. The van der Waals surface area contributed by atoms with Crippen molar-refractivity contribution in [1.82, 2.24) is 9.21 Å². The Morgan fingerprint density at radius 1 is 1.73 bits per heavy atom. The zero-order chi connectivity index (χ0) is 11.4. The number of rotatable bonds is 5. The Morgan fingerprint density at radius 2 is 2.40 bits per heavy atom. The molecule has 1 aliphatic heterocycles. The maximum atomic E-state index is 11.0. The van der Waals surface area contributed by atoms with E-state index in [1.165, 1.54) is 4.31 Å². The van der Waals surface area contributed by atoms with E-state index in [9.17, 15) is 9.00 Å². The normalized spacial score (nSPS) is 24.6. The van der Waals surface area contributed by atoms with Gasteiger partial charge < -0.3 is 5.73 Å². The molecule has 2 unspecified atom stereocenters. The summed E-state index contributed by atoms with van der Waals surface area (Å²) in [6.07, 6.45) is 1.75. The highest BCUT2D eigenvalue weighted by Crippen LogP contribution is 2.16. The minimum Gasteiger partial charge on any atom is -0.368 e. The Kier molecular flexibility index (Phi) is 4.65. The summed E-state index contributed by atoms with van der Waals surface area (Å²) < 4.78 is 20.7. The van der Waals surface area contributed by atoms with Crippen LogP contribution in [0, 0.1) is 0 Å². The molecular formula is C8H17N3O3S. The summed E-state index contributed by atoms with van der Waals surface area (Å²) >= 11 is -1.94. The second kappa shape index (κ2) is 5.55. The molecule has 0 spiro atoms. The SMILES string of the molecule is CN(CCN1CCCC1C(N)=O)S(=O)O. The fourth-order valence-electron chi connectivity index (χ4n) is 1.76. The van der Waals surface area contributed by atoms with E-state index in [4.69, 9.17) is 10.3 Å². The van der Waals surface area contributed by atoms with Crippen molar-refractivity contribution >= 4 is 17.2 Å². The minimum absolute atomic E-state index is 0.203. The molecule has 1 heterocycles. The van der Waals surface area contributed by atoms with E-state index in [1.54, 1.807) is 7.05 Å². The van der Waals surface area contributed by atoms with Gasteiger partial charge in [-0.25, -0.2) is 8.51 Å². The van der Waals surface area contributed by atoms with Gasteiger partial charge in [0.25, 0.3) is 0 Å². The topological polar surface area (TPSA) is 86.9 Å². The van der Waals surface area contributed by atoms with Crippen molar-refractivity contribution in [3.8, 4) is 0 Å². The van der Waals surface area contributed by atoms with Crippen LogP contribution >= 0.6 is 0 Å². The lowest BCUT2D eigenvalue weighted by molar-refractivity contribution is -0.122. The summed E-state index contributed by atoms with van der Waals surface area (Å²) in [6.45, 7) is 1.88. The number of likely N-dealkylation sites (tertiary alicyclic amines) is 1. The third kappa shape index (κ3) is 3.53. The van der Waals surface area contributed by atoms with Gasteiger partial charge in [-0.2, -0.15) is 0 Å². The largest absolute Gasteiger partial charge is 0.368 e. The fourth-order valence-corrected chi connectivity index (χ4v) is 2.00. The van der Waals surface area contributed by atoms with E-state index < -0.39 is 11.3 Å². The smallest absolute Gasteiger partial charge is 0.234 e. The molecule has 6 nitrogen and oxygen atoms in total. The monoisotopic (exact) mass is 235 g/mol. The summed E-state index contributed by atoms with van der Waals surface area (Å²) in [5, 5.41) is 0. The molecule has 15 heavy (non-hydrogen) atoms. The predicted octanol–water partition coefficient (Wildman–Crippen LogP) is -0.995. The highest BCUT2D eigenvalue weighted by molar-refractivity contribution is 7.76. The van der Waals surface area contributed by atoms with Crippen molar-refractivity contribution in [1.29, 1.82) is 0 Å². The van der Waals surface area contributed by atoms with Gasteiger partial charge in [0.15, 0.2) is 0 Å². The van der Waals surface area contributed by atoms with Gasteiger partial charge in [-0.1, -0.05) is 0 Å². The van der Waals surface area contributed by atoms with Crippen molar-refractivity contribution in [3.05, 3.63) is 0 Å². The number of primary amides is 1. The molecule has 0 radical (unpaired) electrons. The minimum atomic E-state index is -1.94. The molecule has 0 aromatic carbocycles. The van der Waals surface area contributed by atoms with Crippen LogP contribution < -0.4 is 5.73 Å². The summed E-state index contributed by atoms with van der Waals surface area (Å²) in [7, 11) is 1.56. The number of carbonyl (C=O) groups is 1. The van der Waals surface area contributed by atoms with Crippen LogP contribution in [0.2, 0.25) is 0 Å². The maximum Gasteiger partial charge on any atom is 0.234 e. The van der Waals surface area contributed by atoms with Crippen molar-refractivity contribution in [2.45, 2.75) is 18.9 Å². The lowest BCUT2D eigenvalue weighted by atomic mass is 10.2. The molecule has 0 bridgehead atoms. The zero-order valence-electron chi connectivity index (χ0n) is 8.76. The maximum absolute atomic E-state index is 11.0. The number of nitrogens with two attached hydrogens (primary N) is 1. The predicted molar refractivity (Wildman–Crippen MR) is 57.2 cm³/mol. The van der Waals surface area contributed by atoms with Gasteiger partial charge in [-0.3, -0.25) is 14.2 Å². The van der Waals surface area contributed by atoms with Gasteiger partial charge in [0.2, 0.25) is 17.2 Å². The highest BCUT2D eigenvalue weighted by atomic mass is 32.2. The van der Waals surface area contributed by atoms with Crippen LogP contribution in [0.15, 0.2) is 0 Å². The fraction of sp³-hybridized carbons (Fsp3) is 0.875. The number of carbonyl (C=O) groups excluding carboxylic acids is 1. The van der Waals surface area contributed by atoms with E-state index >= 15 is 0 Å². The standard InChI is InChI=1S/C8H17N3O3S/c1-10(15(13)14)5-6-11-4-2-3-7(11)8(9)12/h7H,2-6H2,1H3,(H2,9,12)(H,13,14). The number of hydrogen-bond acceptors (Lipinski definition) is 3. The van der Waals surface area contributed by atoms with Crippen LogP contribution in [-0.2, 0) is 16.1 Å². The number of hydrogen-bond donors (Lipinski definition) is 2. The average molecular weight is 235 g/mol. The zero-order valence-corrected chi connectivity index (χ0v) is 9.57. The van der Waals surface area contributed by atoms with Gasteiger partial charge in [0, 0.05) is 20.1 Å². The Morgan fingerprint density at radius 3 is 2.93 bits per heavy atom. The molecule has 88 valence electrons. The molecule has 0 saturated carbocycles. The molecule has 7 heteroatoms. The van der Waals surface area contributed by atoms with Crippen LogP contribution in [0.25, 0.3) is 0 Å². The molecule has 1 fully saturated rings. The van der Waals surface area contributed by atoms with Crippen molar-refractivity contribution in [2.75, 3.05) is 26.7 Å². The van der Waals surface area contributed by atoms with Crippen LogP contribution in [-0.4, -0.2) is 56.6 Å². The van der Waals surface area contributed by atoms with Crippen LogP contribution in [0.4, 0.5) is 0 Å². The molecule has 0 aromatic heterocycles. The first-order chi connectivity index (χ1) is 7.02. The quantitative estimate of drug-likeness (QED) is 0.599. The number of likely N-dealkylation sites (N-methyl/N-ethyl adjacent to an activating group) is 1. The Bertz CT molecular complexity index is 262. The Balaban J connectivity index is 2.38. The van der Waals surface area contributed by atoms with E-state index in [0.29, 0.717) is 13.1 Å². The molecule has 1 aliphatic rings. The Hall–Kier alpha value is -0.500. The van der Waals surface area contributed by atoms with Gasteiger partial charge >= 0.3 is 0 Å². The second-order valence-electron chi connectivity index (χ2n) is 3.68. The third-order valence-corrected chi connectivity index (χ3v) is 3.38. The van der Waals surface area contributed by atoms with Crippen LogP contribution in [0.1, 0.15) is 12.8 Å². The lowest BCUT2D eigenvalue weighted by Crippen LogP contribution is -2.43. The molecule has 0 aromatic rings. The molecule has 1 saturated heterocycles. The van der Waals surface area contributed by atoms with E-state index in [2.05, 4.69) is 0 Å². The summed E-state index contributed by atoms with van der Waals surface area (Å²) in [5.41, 5.74) is 5.25. The van der Waals surface area contributed by atoms with Crippen molar-refractivity contribution in [2.24, 2.45) is 5.73 Å². The first-order valence-corrected chi connectivity index (χ1v) is 5.94. The molecule has 0 aliphatic carbocycles. The van der Waals surface area contributed by atoms with Crippen LogP contribution in [0.3, 0.4) is 0 Å². The Labute approximate surface area is 91.8 Å². The molecule has 1 rings (SSSR count). The van der Waals surface area contributed by atoms with Gasteiger partial charge in [0.1, 0.15) is 0 Å². The van der Waals surface area contributed by atoms with E-state index in [1.807, 2.05) is 4.90 Å². The summed E-state index contributed by atoms with van der Waals surface area (Å²) in [4.78, 5) is 13.0. The summed E-state index contributed by atoms with van der Waals surface area (Å²) in [5.74, 6) is -0.305. The lowest BCUT2D eigenvalue weighted by Gasteiger charge is -2.23. The first kappa shape index (κ1) is 12.6. The number of nitrogens with zero attached hydrogens (tertiary/aromatic N) is 2. The van der Waals surface area contributed by atoms with Gasteiger partial charge in [0.05, 0.1) is 6.04 Å². The van der Waals surface area contributed by atoms with Crippen molar-refractivity contribution < 1.29 is 13.6 Å². The second-order valence-corrected chi connectivity index (χ2v) is 4.76. The number of amides is 1. The summed E-state index contributed by atoms with van der Waals surface area (Å²) in [6, 6.07) is -0.203. The molecule has 3 N–H and O–H groups in total. The molecule has 1 amide bonds. The van der Waals surface area contributed by atoms with Crippen molar-refractivity contribution in [3.63, 3.8) is 0 Å². The van der Waals surface area contributed by atoms with E-state index in [0.717, 1.165) is 19.4 Å². The molecule has 2 atom stereocenters. The average Bonchev–Trinajstić information content (AvgIpc) is 2.61. The van der Waals surface area contributed by atoms with Crippen LogP contribution in [0.5, 0.6) is 0 Å². The first-order valence-electron chi connectivity index (χ1n) is 4.88. The van der Waals surface area contributed by atoms with Gasteiger partial charge in [-0.15, -0.1) is 0 Å².